The van der Waals surface area contributed by atoms with Gasteiger partial charge in [0.2, 0.25) is 0 Å². The third kappa shape index (κ3) is 7.08. The number of methoxy groups -OCH3 is 2. The summed E-state index contributed by atoms with van der Waals surface area (Å²) in [6, 6.07) is 6.42. The Bertz CT molecular complexity index is 657. The van der Waals surface area contributed by atoms with Gasteiger partial charge in [0.05, 0.1) is 14.2 Å². The van der Waals surface area contributed by atoms with Crippen molar-refractivity contribution in [2.24, 2.45) is 10.9 Å². The van der Waals surface area contributed by atoms with E-state index in [0.717, 1.165) is 55.1 Å². The topological polar surface area (TPSA) is 61.4 Å². The van der Waals surface area contributed by atoms with E-state index in [0.29, 0.717) is 6.04 Å². The van der Waals surface area contributed by atoms with Gasteiger partial charge in [0, 0.05) is 56.6 Å². The van der Waals surface area contributed by atoms with Gasteiger partial charge in [0.1, 0.15) is 11.5 Å². The highest BCUT2D eigenvalue weighted by atomic mass is 127. The van der Waals surface area contributed by atoms with Crippen molar-refractivity contribution in [3.05, 3.63) is 18.2 Å². The van der Waals surface area contributed by atoms with Gasteiger partial charge < -0.3 is 29.9 Å². The van der Waals surface area contributed by atoms with Gasteiger partial charge >= 0.3 is 0 Å². The van der Waals surface area contributed by atoms with Crippen molar-refractivity contribution in [2.45, 2.75) is 31.7 Å². The first-order chi connectivity index (χ1) is 14.1. The SMILES string of the molecule is CN=C(NCCC1CCN(C)CC1)NC1CCN(c2cc(OC)cc(OC)c2)C1.I. The van der Waals surface area contributed by atoms with E-state index in [4.69, 9.17) is 9.47 Å². The van der Waals surface area contributed by atoms with Crippen LogP contribution < -0.4 is 25.0 Å². The number of ether oxygens (including phenoxy) is 2. The van der Waals surface area contributed by atoms with E-state index in [-0.39, 0.29) is 24.0 Å². The molecule has 0 saturated carbocycles. The van der Waals surface area contributed by atoms with E-state index in [1.165, 1.54) is 32.4 Å². The lowest BCUT2D eigenvalue weighted by Crippen LogP contribution is -2.45. The summed E-state index contributed by atoms with van der Waals surface area (Å²) in [5.41, 5.74) is 1.13. The first-order valence-corrected chi connectivity index (χ1v) is 10.7. The maximum absolute atomic E-state index is 5.41. The van der Waals surface area contributed by atoms with E-state index in [2.05, 4.69) is 44.6 Å². The second-order valence-corrected chi connectivity index (χ2v) is 8.18. The molecule has 2 aliphatic rings. The van der Waals surface area contributed by atoms with Gasteiger partial charge in [-0.1, -0.05) is 0 Å². The summed E-state index contributed by atoms with van der Waals surface area (Å²) in [6.45, 7) is 5.37. The summed E-state index contributed by atoms with van der Waals surface area (Å²) in [5, 5.41) is 7.11. The number of nitrogens with zero attached hydrogens (tertiary/aromatic N) is 3. The molecule has 7 nitrogen and oxygen atoms in total. The van der Waals surface area contributed by atoms with Crippen LogP contribution in [-0.2, 0) is 0 Å². The molecule has 0 radical (unpaired) electrons. The molecule has 1 aromatic carbocycles. The molecule has 8 heteroatoms. The van der Waals surface area contributed by atoms with Crippen LogP contribution in [0.4, 0.5) is 5.69 Å². The van der Waals surface area contributed by atoms with Crippen molar-refractivity contribution in [3.63, 3.8) is 0 Å². The fourth-order valence-electron chi connectivity index (χ4n) is 4.22. The fraction of sp³-hybridized carbons (Fsp3) is 0.682. The van der Waals surface area contributed by atoms with Crippen LogP contribution in [0.1, 0.15) is 25.7 Å². The molecule has 170 valence electrons. The predicted octanol–water partition coefficient (Wildman–Crippen LogP) is 2.80. The minimum Gasteiger partial charge on any atom is -0.497 e. The van der Waals surface area contributed by atoms with Crippen LogP contribution in [0, 0.1) is 5.92 Å². The molecule has 1 atom stereocenters. The Morgan fingerprint density at radius 3 is 2.33 bits per heavy atom. The number of halogens is 1. The van der Waals surface area contributed by atoms with Crippen molar-refractivity contribution >= 4 is 35.6 Å². The molecule has 2 saturated heterocycles. The van der Waals surface area contributed by atoms with Crippen LogP contribution in [0.5, 0.6) is 11.5 Å². The van der Waals surface area contributed by atoms with Gasteiger partial charge in [-0.3, -0.25) is 4.99 Å². The molecule has 1 unspecified atom stereocenters. The summed E-state index contributed by atoms with van der Waals surface area (Å²) in [5.74, 6) is 3.39. The highest BCUT2D eigenvalue weighted by molar-refractivity contribution is 14.0. The molecule has 2 N–H and O–H groups in total. The molecule has 0 aliphatic carbocycles. The number of guanidine groups is 1. The summed E-state index contributed by atoms with van der Waals surface area (Å²) in [6.07, 6.45) is 4.92. The van der Waals surface area contributed by atoms with E-state index >= 15 is 0 Å². The lowest BCUT2D eigenvalue weighted by atomic mass is 9.94. The molecule has 0 spiro atoms. The van der Waals surface area contributed by atoms with Gasteiger partial charge in [0.25, 0.3) is 0 Å². The summed E-state index contributed by atoms with van der Waals surface area (Å²) >= 11 is 0. The van der Waals surface area contributed by atoms with Gasteiger partial charge in [-0.2, -0.15) is 0 Å². The number of benzene rings is 1. The number of aliphatic imine (C=N–C) groups is 1. The number of piperidine rings is 1. The van der Waals surface area contributed by atoms with E-state index in [1.807, 2.05) is 13.1 Å². The van der Waals surface area contributed by atoms with Crippen LogP contribution in [0.15, 0.2) is 23.2 Å². The van der Waals surface area contributed by atoms with Crippen LogP contribution >= 0.6 is 24.0 Å². The van der Waals surface area contributed by atoms with Crippen molar-refractivity contribution in [1.29, 1.82) is 0 Å². The second kappa shape index (κ2) is 12.4. The highest BCUT2D eigenvalue weighted by Crippen LogP contribution is 2.30. The molecule has 2 fully saturated rings. The standard InChI is InChI=1S/C22H37N5O2.HI/c1-23-22(24-9-5-17-6-10-26(2)11-7-17)25-18-8-12-27(16-18)19-13-20(28-3)15-21(14-19)29-4;/h13-15,17-18H,5-12,16H2,1-4H3,(H2,23,24,25);1H. The normalized spacial score (nSPS) is 20.6. The van der Waals surface area contributed by atoms with Crippen molar-refractivity contribution in [1.82, 2.24) is 15.5 Å². The Kier molecular flexibility index (Phi) is 10.3. The summed E-state index contributed by atoms with van der Waals surface area (Å²) in [7, 11) is 7.44. The Labute approximate surface area is 198 Å². The number of anilines is 1. The molecule has 1 aromatic rings. The molecule has 2 aliphatic heterocycles. The third-order valence-electron chi connectivity index (χ3n) is 6.14. The zero-order chi connectivity index (χ0) is 20.6. The minimum atomic E-state index is 0. The summed E-state index contributed by atoms with van der Waals surface area (Å²) < 4.78 is 10.8. The van der Waals surface area contributed by atoms with Gasteiger partial charge in [-0.05, 0) is 51.7 Å². The summed E-state index contributed by atoms with van der Waals surface area (Å²) in [4.78, 5) is 9.22. The molecule has 3 rings (SSSR count). The second-order valence-electron chi connectivity index (χ2n) is 8.18. The Balaban J connectivity index is 0.00000320. The molecule has 30 heavy (non-hydrogen) atoms. The average Bonchev–Trinajstić information content (AvgIpc) is 3.22. The Hall–Kier alpha value is -1.42. The van der Waals surface area contributed by atoms with Crippen molar-refractivity contribution in [2.75, 3.05) is 65.9 Å². The molecular formula is C22H38IN5O2. The predicted molar refractivity (Wildman–Crippen MR) is 135 cm³/mol. The first kappa shape index (κ1) is 24.8. The molecule has 0 aromatic heterocycles. The van der Waals surface area contributed by atoms with Crippen LogP contribution in [-0.4, -0.2) is 77.9 Å². The quantitative estimate of drug-likeness (QED) is 0.321. The van der Waals surface area contributed by atoms with Crippen molar-refractivity contribution < 1.29 is 9.47 Å². The van der Waals surface area contributed by atoms with Crippen LogP contribution in [0.25, 0.3) is 0 Å². The molecule has 2 heterocycles. The zero-order valence-electron chi connectivity index (χ0n) is 18.8. The highest BCUT2D eigenvalue weighted by Gasteiger charge is 2.24. The average molecular weight is 531 g/mol. The van der Waals surface area contributed by atoms with Crippen LogP contribution in [0.2, 0.25) is 0 Å². The molecular weight excluding hydrogens is 493 g/mol. The smallest absolute Gasteiger partial charge is 0.191 e. The van der Waals surface area contributed by atoms with E-state index in [9.17, 15) is 0 Å². The van der Waals surface area contributed by atoms with Crippen molar-refractivity contribution in [3.8, 4) is 11.5 Å². The Morgan fingerprint density at radius 1 is 1.07 bits per heavy atom. The monoisotopic (exact) mass is 531 g/mol. The van der Waals surface area contributed by atoms with Gasteiger partial charge in [-0.25, -0.2) is 0 Å². The number of nitrogens with one attached hydrogen (secondary N) is 2. The maximum Gasteiger partial charge on any atom is 0.191 e. The largest absolute Gasteiger partial charge is 0.497 e. The lowest BCUT2D eigenvalue weighted by Gasteiger charge is -2.29. The number of hydrogen-bond donors (Lipinski definition) is 2. The zero-order valence-corrected chi connectivity index (χ0v) is 21.1. The van der Waals surface area contributed by atoms with E-state index < -0.39 is 0 Å². The lowest BCUT2D eigenvalue weighted by molar-refractivity contribution is 0.213. The number of rotatable bonds is 7. The molecule has 0 amide bonds. The first-order valence-electron chi connectivity index (χ1n) is 10.7. The maximum atomic E-state index is 5.41. The molecule has 0 bridgehead atoms. The minimum absolute atomic E-state index is 0. The Morgan fingerprint density at radius 2 is 1.73 bits per heavy atom. The fourth-order valence-corrected chi connectivity index (χ4v) is 4.22. The third-order valence-corrected chi connectivity index (χ3v) is 6.14. The number of likely N-dealkylation sites (tertiary alicyclic amines) is 1. The van der Waals surface area contributed by atoms with Crippen LogP contribution in [0.3, 0.4) is 0 Å². The number of hydrogen-bond acceptors (Lipinski definition) is 5. The van der Waals surface area contributed by atoms with Gasteiger partial charge in [-0.15, -0.1) is 24.0 Å². The van der Waals surface area contributed by atoms with E-state index in [1.54, 1.807) is 14.2 Å². The van der Waals surface area contributed by atoms with Gasteiger partial charge in [0.15, 0.2) is 5.96 Å².